The second kappa shape index (κ2) is 17.3. The molecule has 0 radical (unpaired) electrons. The number of hydrogen-bond acceptors (Lipinski definition) is 2. The van der Waals surface area contributed by atoms with Gasteiger partial charge in [0.1, 0.15) is 6.23 Å². The molecule has 0 fully saturated rings. The van der Waals surface area contributed by atoms with Gasteiger partial charge in [-0.3, -0.25) is 4.90 Å². The molecule has 0 aromatic heterocycles. The fourth-order valence-electron chi connectivity index (χ4n) is 3.83. The molecule has 3 unspecified atom stereocenters. The third kappa shape index (κ3) is 12.0. The van der Waals surface area contributed by atoms with Crippen LogP contribution in [0.25, 0.3) is 0 Å². The Bertz CT molecular complexity index is 251. The highest BCUT2D eigenvalue weighted by Gasteiger charge is 2.23. The molecule has 0 aliphatic rings. The number of methoxy groups -OCH3 is 1. The smallest absolute Gasteiger partial charge is 0.110 e. The second-order valence-electron chi connectivity index (χ2n) is 7.97. The quantitative estimate of drug-likeness (QED) is 0.189. The summed E-state index contributed by atoms with van der Waals surface area (Å²) in [7, 11) is 1.92. The van der Waals surface area contributed by atoms with E-state index in [9.17, 15) is 0 Å². The Labute approximate surface area is 160 Å². The fraction of sp³-hybridized carbons (Fsp3) is 1.00. The van der Waals surface area contributed by atoms with Crippen molar-refractivity contribution >= 4 is 0 Å². The molecule has 0 aromatic rings. The predicted octanol–water partition coefficient (Wildman–Crippen LogP) is 7.27. The topological polar surface area (TPSA) is 12.5 Å². The van der Waals surface area contributed by atoms with Crippen LogP contribution in [0.1, 0.15) is 112 Å². The lowest BCUT2D eigenvalue weighted by Gasteiger charge is -2.36. The van der Waals surface area contributed by atoms with Crippen LogP contribution in [0.5, 0.6) is 0 Å². The summed E-state index contributed by atoms with van der Waals surface area (Å²) >= 11 is 0. The highest BCUT2D eigenvalue weighted by atomic mass is 16.5. The molecule has 0 aromatic carbocycles. The van der Waals surface area contributed by atoms with Crippen LogP contribution in [0.15, 0.2) is 0 Å². The van der Waals surface area contributed by atoms with Gasteiger partial charge in [0.2, 0.25) is 0 Å². The Balaban J connectivity index is 4.90. The highest BCUT2D eigenvalue weighted by molar-refractivity contribution is 4.73. The summed E-state index contributed by atoms with van der Waals surface area (Å²) in [4.78, 5) is 2.71. The summed E-state index contributed by atoms with van der Waals surface area (Å²) in [6.07, 6.45) is 16.1. The van der Waals surface area contributed by atoms with Crippen LogP contribution in [0.4, 0.5) is 0 Å². The van der Waals surface area contributed by atoms with Crippen molar-refractivity contribution < 1.29 is 4.74 Å². The normalized spacial score (nSPS) is 15.5. The summed E-state index contributed by atoms with van der Waals surface area (Å²) in [5.74, 6) is 1.65. The van der Waals surface area contributed by atoms with E-state index in [1.807, 2.05) is 7.11 Å². The Morgan fingerprint density at radius 1 is 0.640 bits per heavy atom. The first-order valence-electron chi connectivity index (χ1n) is 11.4. The standard InChI is InChI=1S/C23H49NO/c1-7-12-15-18-23(25-6)24(19-21(10-4)16-13-8-2)20-22(11-5)17-14-9-3/h21-23H,7-20H2,1-6H3. The monoisotopic (exact) mass is 355 g/mol. The number of ether oxygens (including phenoxy) is 1. The summed E-state index contributed by atoms with van der Waals surface area (Å²) in [6, 6.07) is 0. The van der Waals surface area contributed by atoms with Crippen LogP contribution >= 0.6 is 0 Å². The molecule has 0 aliphatic carbocycles. The third-order valence-electron chi connectivity index (χ3n) is 5.81. The van der Waals surface area contributed by atoms with Crippen molar-refractivity contribution in [3.8, 4) is 0 Å². The minimum Gasteiger partial charge on any atom is -0.366 e. The summed E-state index contributed by atoms with van der Waals surface area (Å²) in [5.41, 5.74) is 0. The Hall–Kier alpha value is -0.0800. The maximum atomic E-state index is 5.98. The number of nitrogens with zero attached hydrogens (tertiary/aromatic N) is 1. The van der Waals surface area contributed by atoms with Gasteiger partial charge in [0.15, 0.2) is 0 Å². The van der Waals surface area contributed by atoms with Gasteiger partial charge in [0, 0.05) is 20.2 Å². The van der Waals surface area contributed by atoms with E-state index in [2.05, 4.69) is 39.5 Å². The zero-order chi connectivity index (χ0) is 18.9. The Morgan fingerprint density at radius 2 is 1.12 bits per heavy atom. The van der Waals surface area contributed by atoms with E-state index in [-0.39, 0.29) is 0 Å². The summed E-state index contributed by atoms with van der Waals surface area (Å²) in [6.45, 7) is 14.1. The lowest BCUT2D eigenvalue weighted by atomic mass is 9.95. The first kappa shape index (κ1) is 24.9. The first-order chi connectivity index (χ1) is 12.2. The molecule has 0 heterocycles. The van der Waals surface area contributed by atoms with Crippen LogP contribution in [-0.2, 0) is 4.74 Å². The number of rotatable bonds is 18. The molecule has 3 atom stereocenters. The summed E-state index contributed by atoms with van der Waals surface area (Å²) in [5, 5.41) is 0. The van der Waals surface area contributed by atoms with Crippen LogP contribution in [0, 0.1) is 11.8 Å². The highest BCUT2D eigenvalue weighted by Crippen LogP contribution is 2.22. The van der Waals surface area contributed by atoms with Crippen molar-refractivity contribution in [2.45, 2.75) is 118 Å². The van der Waals surface area contributed by atoms with Crippen LogP contribution in [0.3, 0.4) is 0 Å². The minimum atomic E-state index is 0.318. The molecule has 0 bridgehead atoms. The van der Waals surface area contributed by atoms with Crippen molar-refractivity contribution in [1.29, 1.82) is 0 Å². The van der Waals surface area contributed by atoms with Gasteiger partial charge in [-0.25, -0.2) is 0 Å². The predicted molar refractivity (Wildman–Crippen MR) is 113 cm³/mol. The number of hydrogen-bond donors (Lipinski definition) is 0. The van der Waals surface area contributed by atoms with Gasteiger partial charge in [-0.15, -0.1) is 0 Å². The van der Waals surface area contributed by atoms with Gasteiger partial charge < -0.3 is 4.74 Å². The van der Waals surface area contributed by atoms with Crippen molar-refractivity contribution in [2.75, 3.05) is 20.2 Å². The van der Waals surface area contributed by atoms with E-state index in [4.69, 9.17) is 4.74 Å². The van der Waals surface area contributed by atoms with Gasteiger partial charge in [-0.05, 0) is 37.5 Å². The van der Waals surface area contributed by atoms with E-state index < -0.39 is 0 Å². The summed E-state index contributed by atoms with van der Waals surface area (Å²) < 4.78 is 5.98. The largest absolute Gasteiger partial charge is 0.366 e. The minimum absolute atomic E-state index is 0.318. The molecule has 152 valence electrons. The fourth-order valence-corrected chi connectivity index (χ4v) is 3.83. The molecule has 2 nitrogen and oxygen atoms in total. The van der Waals surface area contributed by atoms with Gasteiger partial charge in [-0.1, -0.05) is 86.0 Å². The van der Waals surface area contributed by atoms with Crippen LogP contribution < -0.4 is 0 Å². The van der Waals surface area contributed by atoms with Gasteiger partial charge >= 0.3 is 0 Å². The molecular formula is C23H49NO. The van der Waals surface area contributed by atoms with Crippen molar-refractivity contribution in [3.63, 3.8) is 0 Å². The zero-order valence-corrected chi connectivity index (χ0v) is 18.5. The van der Waals surface area contributed by atoms with Crippen molar-refractivity contribution in [1.82, 2.24) is 4.90 Å². The Kier molecular flexibility index (Phi) is 17.3. The second-order valence-corrected chi connectivity index (χ2v) is 7.97. The average Bonchev–Trinajstić information content (AvgIpc) is 2.64. The van der Waals surface area contributed by atoms with E-state index in [1.54, 1.807) is 0 Å². The van der Waals surface area contributed by atoms with Crippen LogP contribution in [-0.4, -0.2) is 31.3 Å². The van der Waals surface area contributed by atoms with Crippen molar-refractivity contribution in [3.05, 3.63) is 0 Å². The van der Waals surface area contributed by atoms with E-state index in [1.165, 1.54) is 90.1 Å². The van der Waals surface area contributed by atoms with Gasteiger partial charge in [0.05, 0.1) is 0 Å². The van der Waals surface area contributed by atoms with Gasteiger partial charge in [0.25, 0.3) is 0 Å². The average molecular weight is 356 g/mol. The maximum Gasteiger partial charge on any atom is 0.110 e. The lowest BCUT2D eigenvalue weighted by molar-refractivity contribution is -0.0546. The molecule has 0 rings (SSSR count). The molecule has 0 saturated carbocycles. The first-order valence-corrected chi connectivity index (χ1v) is 11.4. The Morgan fingerprint density at radius 3 is 1.48 bits per heavy atom. The van der Waals surface area contributed by atoms with Crippen molar-refractivity contribution in [2.24, 2.45) is 11.8 Å². The number of unbranched alkanes of at least 4 members (excludes halogenated alkanes) is 4. The molecule has 0 amide bonds. The maximum absolute atomic E-state index is 5.98. The van der Waals surface area contributed by atoms with E-state index in [0.29, 0.717) is 6.23 Å². The molecule has 2 heteroatoms. The van der Waals surface area contributed by atoms with Gasteiger partial charge in [-0.2, -0.15) is 0 Å². The molecule has 0 aliphatic heterocycles. The van der Waals surface area contributed by atoms with Crippen LogP contribution in [0.2, 0.25) is 0 Å². The lowest BCUT2D eigenvalue weighted by Crippen LogP contribution is -2.43. The molecule has 0 N–H and O–H groups in total. The zero-order valence-electron chi connectivity index (χ0n) is 18.5. The van der Waals surface area contributed by atoms with E-state index >= 15 is 0 Å². The molecule has 0 saturated heterocycles. The SMILES string of the molecule is CCCCCC(OC)N(CC(CC)CCCC)CC(CC)CCCC. The van der Waals surface area contributed by atoms with E-state index in [0.717, 1.165) is 11.8 Å². The molecule has 0 spiro atoms. The molecule has 25 heavy (non-hydrogen) atoms. The third-order valence-corrected chi connectivity index (χ3v) is 5.81. The molecular weight excluding hydrogens is 306 g/mol.